The highest BCUT2D eigenvalue weighted by atomic mass is 35.5. The molecule has 2 aromatic rings. The number of nitrogens with zero attached hydrogens (tertiary/aromatic N) is 1. The Morgan fingerprint density at radius 1 is 1.15 bits per heavy atom. The number of anilines is 1. The Kier molecular flexibility index (Phi) is 5.91. The maximum absolute atomic E-state index is 12.6. The fourth-order valence-corrected chi connectivity index (χ4v) is 3.44. The number of likely N-dealkylation sites (tertiary alicyclic amines) is 1. The third-order valence-electron chi connectivity index (χ3n) is 4.67. The molecule has 1 heterocycles. The van der Waals surface area contributed by atoms with E-state index in [1.54, 1.807) is 24.3 Å². The zero-order chi connectivity index (χ0) is 18.5. The molecule has 1 aliphatic heterocycles. The molecule has 0 aliphatic carbocycles. The summed E-state index contributed by atoms with van der Waals surface area (Å²) in [5, 5.41) is 3.69. The van der Waals surface area contributed by atoms with Crippen molar-refractivity contribution in [3.8, 4) is 0 Å². The van der Waals surface area contributed by atoms with E-state index in [0.29, 0.717) is 17.8 Å². The molecule has 1 aliphatic rings. The van der Waals surface area contributed by atoms with E-state index in [-0.39, 0.29) is 11.8 Å². The standard InChI is InChI=1S/C20H22ClN3O2/c21-18-6-2-1-4-15(18)12-24-11-3-5-16(13-24)20(26)23-17-9-7-14(8-10-17)19(22)25/h1-2,4,6-10,16H,3,5,11-13H2,(H2,22,25)(H,23,26). The summed E-state index contributed by atoms with van der Waals surface area (Å²) in [7, 11) is 0. The molecule has 0 bridgehead atoms. The Labute approximate surface area is 158 Å². The van der Waals surface area contributed by atoms with Crippen molar-refractivity contribution in [3.05, 3.63) is 64.7 Å². The van der Waals surface area contributed by atoms with Gasteiger partial charge in [-0.15, -0.1) is 0 Å². The number of carbonyl (C=O) groups is 2. The summed E-state index contributed by atoms with van der Waals surface area (Å²) in [4.78, 5) is 26.0. The molecule has 2 aromatic carbocycles. The van der Waals surface area contributed by atoms with Crippen molar-refractivity contribution < 1.29 is 9.59 Å². The first-order valence-electron chi connectivity index (χ1n) is 8.69. The number of benzene rings is 2. The van der Waals surface area contributed by atoms with Gasteiger partial charge in [-0.05, 0) is 55.3 Å². The molecule has 3 N–H and O–H groups in total. The Morgan fingerprint density at radius 3 is 2.58 bits per heavy atom. The molecule has 3 rings (SSSR count). The summed E-state index contributed by atoms with van der Waals surface area (Å²) in [5.41, 5.74) is 7.40. The molecule has 1 unspecified atom stereocenters. The van der Waals surface area contributed by atoms with Crippen molar-refractivity contribution in [2.75, 3.05) is 18.4 Å². The van der Waals surface area contributed by atoms with Crippen LogP contribution in [0.15, 0.2) is 48.5 Å². The van der Waals surface area contributed by atoms with Gasteiger partial charge in [0.1, 0.15) is 0 Å². The molecule has 136 valence electrons. The summed E-state index contributed by atoms with van der Waals surface area (Å²) >= 11 is 6.25. The normalized spacial score (nSPS) is 17.7. The van der Waals surface area contributed by atoms with Crippen molar-refractivity contribution >= 4 is 29.1 Å². The molecule has 2 amide bonds. The van der Waals surface area contributed by atoms with Crippen molar-refractivity contribution in [1.82, 2.24) is 4.90 Å². The summed E-state index contributed by atoms with van der Waals surface area (Å²) in [6, 6.07) is 14.4. The first-order chi connectivity index (χ1) is 12.5. The lowest BCUT2D eigenvalue weighted by Crippen LogP contribution is -2.40. The van der Waals surface area contributed by atoms with Gasteiger partial charge in [-0.1, -0.05) is 29.8 Å². The number of carbonyl (C=O) groups excluding carboxylic acids is 2. The van der Waals surface area contributed by atoms with E-state index in [9.17, 15) is 9.59 Å². The topological polar surface area (TPSA) is 75.4 Å². The van der Waals surface area contributed by atoms with Crippen LogP contribution in [0.4, 0.5) is 5.69 Å². The molecule has 1 fully saturated rings. The number of amides is 2. The molecule has 0 saturated carbocycles. The van der Waals surface area contributed by atoms with Crippen LogP contribution in [-0.4, -0.2) is 29.8 Å². The fourth-order valence-electron chi connectivity index (χ4n) is 3.24. The Hall–Kier alpha value is -2.37. The molecule has 1 saturated heterocycles. The van der Waals surface area contributed by atoms with E-state index in [1.165, 1.54) is 0 Å². The lowest BCUT2D eigenvalue weighted by Gasteiger charge is -2.32. The van der Waals surface area contributed by atoms with E-state index in [1.807, 2.05) is 24.3 Å². The highest BCUT2D eigenvalue weighted by Crippen LogP contribution is 2.23. The van der Waals surface area contributed by atoms with Crippen LogP contribution in [0, 0.1) is 5.92 Å². The van der Waals surface area contributed by atoms with Gasteiger partial charge < -0.3 is 11.1 Å². The van der Waals surface area contributed by atoms with Gasteiger partial charge in [0.25, 0.3) is 0 Å². The van der Waals surface area contributed by atoms with Crippen LogP contribution < -0.4 is 11.1 Å². The van der Waals surface area contributed by atoms with Crippen LogP contribution in [0.1, 0.15) is 28.8 Å². The second-order valence-electron chi connectivity index (χ2n) is 6.60. The Morgan fingerprint density at radius 2 is 1.88 bits per heavy atom. The minimum absolute atomic E-state index is 0.000633. The number of primary amides is 1. The maximum atomic E-state index is 12.6. The highest BCUT2D eigenvalue weighted by molar-refractivity contribution is 6.31. The van der Waals surface area contributed by atoms with Crippen molar-refractivity contribution in [2.24, 2.45) is 11.7 Å². The predicted molar refractivity (Wildman–Crippen MR) is 103 cm³/mol. The molecule has 0 spiro atoms. The quantitative estimate of drug-likeness (QED) is 0.846. The first kappa shape index (κ1) is 18.4. The molecule has 1 atom stereocenters. The summed E-state index contributed by atoms with van der Waals surface area (Å²) in [6.45, 7) is 2.41. The monoisotopic (exact) mass is 371 g/mol. The highest BCUT2D eigenvalue weighted by Gasteiger charge is 2.26. The van der Waals surface area contributed by atoms with E-state index in [2.05, 4.69) is 10.2 Å². The number of nitrogens with two attached hydrogens (primary N) is 1. The number of rotatable bonds is 5. The molecular formula is C20H22ClN3O2. The first-order valence-corrected chi connectivity index (χ1v) is 9.07. The lowest BCUT2D eigenvalue weighted by molar-refractivity contribution is -0.121. The molecule has 6 heteroatoms. The van der Waals surface area contributed by atoms with Crippen LogP contribution in [0.5, 0.6) is 0 Å². The van der Waals surface area contributed by atoms with Crippen molar-refractivity contribution in [1.29, 1.82) is 0 Å². The van der Waals surface area contributed by atoms with Gasteiger partial charge in [0, 0.05) is 29.4 Å². The van der Waals surface area contributed by atoms with Gasteiger partial charge >= 0.3 is 0 Å². The van der Waals surface area contributed by atoms with Crippen LogP contribution in [0.25, 0.3) is 0 Å². The van der Waals surface area contributed by atoms with Gasteiger partial charge in [0.2, 0.25) is 11.8 Å². The zero-order valence-electron chi connectivity index (χ0n) is 14.5. The number of piperidine rings is 1. The van der Waals surface area contributed by atoms with Gasteiger partial charge in [0.05, 0.1) is 5.92 Å². The van der Waals surface area contributed by atoms with E-state index >= 15 is 0 Å². The van der Waals surface area contributed by atoms with E-state index < -0.39 is 5.91 Å². The largest absolute Gasteiger partial charge is 0.366 e. The molecular weight excluding hydrogens is 350 g/mol. The van der Waals surface area contributed by atoms with Gasteiger partial charge in [-0.3, -0.25) is 14.5 Å². The number of hydrogen-bond acceptors (Lipinski definition) is 3. The van der Waals surface area contributed by atoms with E-state index in [0.717, 1.165) is 36.5 Å². The number of halogens is 1. The Balaban J connectivity index is 1.59. The summed E-state index contributed by atoms with van der Waals surface area (Å²) in [6.07, 6.45) is 1.84. The van der Waals surface area contributed by atoms with Crippen molar-refractivity contribution in [3.63, 3.8) is 0 Å². The minimum Gasteiger partial charge on any atom is -0.366 e. The second-order valence-corrected chi connectivity index (χ2v) is 7.00. The third-order valence-corrected chi connectivity index (χ3v) is 5.03. The average Bonchev–Trinajstić information content (AvgIpc) is 2.64. The van der Waals surface area contributed by atoms with Gasteiger partial charge in [0.15, 0.2) is 0 Å². The van der Waals surface area contributed by atoms with Crippen LogP contribution in [0.3, 0.4) is 0 Å². The molecule has 5 nitrogen and oxygen atoms in total. The van der Waals surface area contributed by atoms with Crippen LogP contribution >= 0.6 is 11.6 Å². The fraction of sp³-hybridized carbons (Fsp3) is 0.300. The zero-order valence-corrected chi connectivity index (χ0v) is 15.2. The number of nitrogens with one attached hydrogen (secondary N) is 1. The lowest BCUT2D eigenvalue weighted by atomic mass is 9.96. The average molecular weight is 372 g/mol. The second kappa shape index (κ2) is 8.34. The Bertz CT molecular complexity index is 792. The minimum atomic E-state index is -0.481. The maximum Gasteiger partial charge on any atom is 0.248 e. The molecule has 0 aromatic heterocycles. The summed E-state index contributed by atoms with van der Waals surface area (Å²) in [5.74, 6) is -0.548. The molecule has 26 heavy (non-hydrogen) atoms. The van der Waals surface area contributed by atoms with Crippen LogP contribution in [-0.2, 0) is 11.3 Å². The smallest absolute Gasteiger partial charge is 0.248 e. The van der Waals surface area contributed by atoms with Crippen molar-refractivity contribution in [2.45, 2.75) is 19.4 Å². The molecule has 0 radical (unpaired) electrons. The predicted octanol–water partition coefficient (Wildman–Crippen LogP) is 3.29. The number of hydrogen-bond donors (Lipinski definition) is 2. The summed E-state index contributed by atoms with van der Waals surface area (Å²) < 4.78 is 0. The van der Waals surface area contributed by atoms with Gasteiger partial charge in [-0.2, -0.15) is 0 Å². The third kappa shape index (κ3) is 4.62. The van der Waals surface area contributed by atoms with Gasteiger partial charge in [-0.25, -0.2) is 0 Å². The SMILES string of the molecule is NC(=O)c1ccc(NC(=O)C2CCCN(Cc3ccccc3Cl)C2)cc1. The van der Waals surface area contributed by atoms with E-state index in [4.69, 9.17) is 17.3 Å². The van der Waals surface area contributed by atoms with Crippen LogP contribution in [0.2, 0.25) is 5.02 Å².